The van der Waals surface area contributed by atoms with Crippen molar-refractivity contribution in [2.45, 2.75) is 32.7 Å². The van der Waals surface area contributed by atoms with Gasteiger partial charge in [-0.3, -0.25) is 0 Å². The van der Waals surface area contributed by atoms with Crippen LogP contribution in [0, 0.1) is 5.92 Å². The Morgan fingerprint density at radius 3 is 2.59 bits per heavy atom. The summed E-state index contributed by atoms with van der Waals surface area (Å²) in [4.78, 5) is 11.2. The number of hydrogen-bond donors (Lipinski definition) is 1. The number of alkyl halides is 2. The summed E-state index contributed by atoms with van der Waals surface area (Å²) < 4.78 is 24.9. The molecule has 0 rings (SSSR count). The molecular weight excluding hydrogens is 226 g/mol. The van der Waals surface area contributed by atoms with Crippen LogP contribution in [0.5, 0.6) is 0 Å². The predicted molar refractivity (Wildman–Crippen MR) is 64.9 cm³/mol. The molecule has 0 saturated heterocycles. The van der Waals surface area contributed by atoms with Gasteiger partial charge in [0.2, 0.25) is 0 Å². The summed E-state index contributed by atoms with van der Waals surface area (Å²) in [5.41, 5.74) is 0.898. The van der Waals surface area contributed by atoms with E-state index >= 15 is 0 Å². The second kappa shape index (κ2) is 9.10. The zero-order valence-electron chi connectivity index (χ0n) is 10.7. The fraction of sp³-hybridized carbons (Fsp3) is 0.750. The molecular formula is C12H22F2N2O. The Bertz CT molecular complexity index is 245. The number of halogens is 2. The third-order valence-electron chi connectivity index (χ3n) is 2.69. The summed E-state index contributed by atoms with van der Waals surface area (Å²) in [5, 5.41) is 3.03. The molecule has 0 aromatic rings. The summed E-state index contributed by atoms with van der Waals surface area (Å²) in [6, 6.07) is 0. The van der Waals surface area contributed by atoms with Crippen LogP contribution in [0.2, 0.25) is 0 Å². The van der Waals surface area contributed by atoms with Gasteiger partial charge < -0.3 is 15.0 Å². The van der Waals surface area contributed by atoms with Gasteiger partial charge in [0.1, 0.15) is 6.29 Å². The van der Waals surface area contributed by atoms with Crippen molar-refractivity contribution in [2.24, 2.45) is 5.92 Å². The van der Waals surface area contributed by atoms with Gasteiger partial charge in [0.15, 0.2) is 0 Å². The Balaban J connectivity index is 4.54. The number of nitrogens with zero attached hydrogens (tertiary/aromatic N) is 1. The molecule has 3 nitrogen and oxygen atoms in total. The minimum absolute atomic E-state index is 0.198. The van der Waals surface area contributed by atoms with E-state index in [2.05, 4.69) is 5.32 Å². The van der Waals surface area contributed by atoms with E-state index in [0.717, 1.165) is 29.7 Å². The first-order valence-corrected chi connectivity index (χ1v) is 5.81. The SMILES string of the molecule is CNCCC(C)/C(=C/N(C)C(F)F)CCC=O. The molecule has 0 bridgehead atoms. The van der Waals surface area contributed by atoms with Gasteiger partial charge in [-0.15, -0.1) is 0 Å². The summed E-state index contributed by atoms with van der Waals surface area (Å²) >= 11 is 0. The molecule has 0 spiro atoms. The maximum Gasteiger partial charge on any atom is 0.314 e. The quantitative estimate of drug-likeness (QED) is 0.502. The van der Waals surface area contributed by atoms with Crippen LogP contribution < -0.4 is 5.32 Å². The van der Waals surface area contributed by atoms with E-state index in [0.29, 0.717) is 12.8 Å². The number of carbonyl (C=O) groups excluding carboxylic acids is 1. The zero-order valence-corrected chi connectivity index (χ0v) is 10.7. The predicted octanol–water partition coefficient (Wildman–Crippen LogP) is 2.25. The normalized spacial score (nSPS) is 13.9. The highest BCUT2D eigenvalue weighted by Crippen LogP contribution is 2.20. The molecule has 17 heavy (non-hydrogen) atoms. The van der Waals surface area contributed by atoms with Crippen LogP contribution in [0.25, 0.3) is 0 Å². The Kier molecular flexibility index (Phi) is 8.58. The van der Waals surface area contributed by atoms with E-state index in [1.807, 2.05) is 14.0 Å². The maximum absolute atomic E-state index is 12.4. The molecule has 0 fully saturated rings. The number of carbonyl (C=O) groups is 1. The molecule has 1 atom stereocenters. The van der Waals surface area contributed by atoms with Gasteiger partial charge in [-0.2, -0.15) is 8.78 Å². The molecule has 0 aromatic heterocycles. The molecule has 0 aromatic carbocycles. The second-order valence-corrected chi connectivity index (χ2v) is 4.15. The van der Waals surface area contributed by atoms with Crippen LogP contribution in [0.15, 0.2) is 11.8 Å². The monoisotopic (exact) mass is 248 g/mol. The van der Waals surface area contributed by atoms with E-state index in [-0.39, 0.29) is 5.92 Å². The van der Waals surface area contributed by atoms with Gasteiger partial charge in [0, 0.05) is 19.7 Å². The Morgan fingerprint density at radius 2 is 2.12 bits per heavy atom. The van der Waals surface area contributed by atoms with Gasteiger partial charge in [0.25, 0.3) is 0 Å². The smallest absolute Gasteiger partial charge is 0.314 e. The summed E-state index contributed by atoms with van der Waals surface area (Å²) in [5.74, 6) is 0.198. The van der Waals surface area contributed by atoms with E-state index in [9.17, 15) is 13.6 Å². The fourth-order valence-corrected chi connectivity index (χ4v) is 1.53. The first-order chi connectivity index (χ1) is 8.02. The first kappa shape index (κ1) is 16.0. The molecule has 100 valence electrons. The topological polar surface area (TPSA) is 32.3 Å². The summed E-state index contributed by atoms with van der Waals surface area (Å²) in [6.45, 7) is 0.323. The van der Waals surface area contributed by atoms with E-state index in [1.165, 1.54) is 13.2 Å². The maximum atomic E-state index is 12.4. The number of nitrogens with one attached hydrogen (secondary N) is 1. The minimum atomic E-state index is -2.50. The standard InChI is InChI=1S/C12H22F2N2O/c1-10(6-7-15-2)11(5-4-8-17)9-16(3)12(13)14/h8-10,12,15H,4-7H2,1-3H3/b11-9+. The lowest BCUT2D eigenvalue weighted by molar-refractivity contribution is -0.107. The first-order valence-electron chi connectivity index (χ1n) is 5.81. The summed E-state index contributed by atoms with van der Waals surface area (Å²) in [6.07, 6.45) is 4.09. The minimum Gasteiger partial charge on any atom is -0.326 e. The van der Waals surface area contributed by atoms with Gasteiger partial charge >= 0.3 is 6.55 Å². The molecule has 1 N–H and O–H groups in total. The van der Waals surface area contributed by atoms with Gasteiger partial charge in [-0.25, -0.2) is 0 Å². The third-order valence-corrected chi connectivity index (χ3v) is 2.69. The van der Waals surface area contributed by atoms with Gasteiger partial charge in [-0.1, -0.05) is 12.5 Å². The lowest BCUT2D eigenvalue weighted by Crippen LogP contribution is -2.20. The Labute approximate surface area is 102 Å². The van der Waals surface area contributed by atoms with Crippen LogP contribution >= 0.6 is 0 Å². The van der Waals surface area contributed by atoms with Crippen LogP contribution in [0.4, 0.5) is 8.78 Å². The van der Waals surface area contributed by atoms with Gasteiger partial charge in [0.05, 0.1) is 0 Å². The molecule has 0 saturated carbocycles. The average molecular weight is 248 g/mol. The summed E-state index contributed by atoms with van der Waals surface area (Å²) in [7, 11) is 3.20. The second-order valence-electron chi connectivity index (χ2n) is 4.15. The lowest BCUT2D eigenvalue weighted by Gasteiger charge is -2.20. The third kappa shape index (κ3) is 7.05. The van der Waals surface area contributed by atoms with Crippen LogP contribution in [-0.4, -0.2) is 38.4 Å². The van der Waals surface area contributed by atoms with Crippen molar-refractivity contribution in [1.29, 1.82) is 0 Å². The number of allylic oxidation sites excluding steroid dienone is 1. The zero-order chi connectivity index (χ0) is 13.3. The molecule has 1 unspecified atom stereocenters. The largest absolute Gasteiger partial charge is 0.326 e. The fourth-order valence-electron chi connectivity index (χ4n) is 1.53. The average Bonchev–Trinajstić information content (AvgIpc) is 2.30. The molecule has 0 aliphatic carbocycles. The van der Waals surface area contributed by atoms with Crippen molar-refractivity contribution < 1.29 is 13.6 Å². The molecule has 5 heteroatoms. The molecule has 0 heterocycles. The van der Waals surface area contributed by atoms with Crippen LogP contribution in [0.3, 0.4) is 0 Å². The molecule has 0 aliphatic rings. The number of rotatable bonds is 9. The van der Waals surface area contributed by atoms with Crippen LogP contribution in [-0.2, 0) is 4.79 Å². The highest BCUT2D eigenvalue weighted by Gasteiger charge is 2.12. The van der Waals surface area contributed by atoms with Crippen molar-refractivity contribution in [1.82, 2.24) is 10.2 Å². The van der Waals surface area contributed by atoms with Crippen molar-refractivity contribution in [2.75, 3.05) is 20.6 Å². The highest BCUT2D eigenvalue weighted by molar-refractivity contribution is 5.49. The van der Waals surface area contributed by atoms with Gasteiger partial charge in [-0.05, 0) is 32.4 Å². The van der Waals surface area contributed by atoms with E-state index in [4.69, 9.17) is 0 Å². The Morgan fingerprint density at radius 1 is 1.47 bits per heavy atom. The highest BCUT2D eigenvalue weighted by atomic mass is 19.3. The molecule has 0 radical (unpaired) electrons. The number of aldehydes is 1. The lowest BCUT2D eigenvalue weighted by atomic mass is 9.94. The van der Waals surface area contributed by atoms with Crippen molar-refractivity contribution >= 4 is 6.29 Å². The van der Waals surface area contributed by atoms with Crippen molar-refractivity contribution in [3.05, 3.63) is 11.8 Å². The molecule has 0 aliphatic heterocycles. The van der Waals surface area contributed by atoms with E-state index < -0.39 is 6.55 Å². The number of hydrogen-bond acceptors (Lipinski definition) is 3. The van der Waals surface area contributed by atoms with E-state index in [1.54, 1.807) is 0 Å². The Hall–Kier alpha value is -0.970. The molecule has 0 amide bonds. The van der Waals surface area contributed by atoms with Crippen molar-refractivity contribution in [3.63, 3.8) is 0 Å². The van der Waals surface area contributed by atoms with Crippen LogP contribution in [0.1, 0.15) is 26.2 Å². The van der Waals surface area contributed by atoms with Crippen molar-refractivity contribution in [3.8, 4) is 0 Å².